The van der Waals surface area contributed by atoms with E-state index in [1.165, 1.54) is 6.33 Å². The molecule has 0 saturated carbocycles. The highest BCUT2D eigenvalue weighted by molar-refractivity contribution is 7.51. The number of rotatable bonds is 11. The van der Waals surface area contributed by atoms with Gasteiger partial charge in [0.25, 0.3) is 5.91 Å². The summed E-state index contributed by atoms with van der Waals surface area (Å²) in [6, 6.07) is 8.86. The Morgan fingerprint density at radius 2 is 2.00 bits per heavy atom. The molecule has 1 aliphatic rings. The Hall–Kier alpha value is -3.68. The van der Waals surface area contributed by atoms with Gasteiger partial charge in [0.1, 0.15) is 11.8 Å². The number of nitrogens with two attached hydrogens (primary N) is 1. The van der Waals surface area contributed by atoms with Crippen LogP contribution in [0.2, 0.25) is 0 Å². The second-order valence-electron chi connectivity index (χ2n) is 8.78. The van der Waals surface area contributed by atoms with Crippen LogP contribution in [-0.4, -0.2) is 55.5 Å². The molecule has 38 heavy (non-hydrogen) atoms. The fourth-order valence-electron chi connectivity index (χ4n) is 3.89. The SMILES string of the molecule is COC(=O)[C@@](C)(NOCc1ccccc1)C(=O)NP(=O)(O)OC[C@H]1C=C[C@@H](n2cnc3c(N)ncnc32)C1. The van der Waals surface area contributed by atoms with Crippen LogP contribution in [0.1, 0.15) is 24.9 Å². The molecule has 5 N–H and O–H groups in total. The van der Waals surface area contributed by atoms with Crippen molar-refractivity contribution >= 4 is 36.6 Å². The number of amides is 1. The van der Waals surface area contributed by atoms with Gasteiger partial charge < -0.3 is 19.9 Å². The largest absolute Gasteiger partial charge is 0.467 e. The third-order valence-electron chi connectivity index (χ3n) is 6.01. The number of imidazole rings is 1. The minimum atomic E-state index is -4.66. The average Bonchev–Trinajstić information content (AvgIpc) is 3.55. The smallest absolute Gasteiger partial charge is 0.432 e. The number of allylic oxidation sites excluding steroid dienone is 1. The highest BCUT2D eigenvalue weighted by Crippen LogP contribution is 2.40. The van der Waals surface area contributed by atoms with Crippen molar-refractivity contribution in [3.05, 3.63) is 60.7 Å². The molecule has 14 nitrogen and oxygen atoms in total. The summed E-state index contributed by atoms with van der Waals surface area (Å²) in [7, 11) is -3.58. The summed E-state index contributed by atoms with van der Waals surface area (Å²) in [5, 5.41) is 1.89. The van der Waals surface area contributed by atoms with E-state index in [-0.39, 0.29) is 31.0 Å². The van der Waals surface area contributed by atoms with Gasteiger partial charge >= 0.3 is 13.7 Å². The molecule has 2 heterocycles. The van der Waals surface area contributed by atoms with E-state index in [2.05, 4.69) is 20.4 Å². The summed E-state index contributed by atoms with van der Waals surface area (Å²) in [4.78, 5) is 53.2. The van der Waals surface area contributed by atoms with E-state index < -0.39 is 25.2 Å². The number of hydrogen-bond donors (Lipinski definition) is 4. The van der Waals surface area contributed by atoms with Gasteiger partial charge in [0, 0.05) is 5.92 Å². The number of carbonyl (C=O) groups is 2. The first-order chi connectivity index (χ1) is 18.1. The van der Waals surface area contributed by atoms with Crippen LogP contribution in [0.25, 0.3) is 11.2 Å². The van der Waals surface area contributed by atoms with E-state index in [9.17, 15) is 19.0 Å². The summed E-state index contributed by atoms with van der Waals surface area (Å²) in [5.74, 6) is -2.16. The van der Waals surface area contributed by atoms with Gasteiger partial charge in [-0.1, -0.05) is 42.5 Å². The lowest BCUT2D eigenvalue weighted by atomic mass is 10.0. The van der Waals surface area contributed by atoms with Gasteiger partial charge in [-0.05, 0) is 18.9 Å². The maximum Gasteiger partial charge on any atom is 0.432 e. The predicted molar refractivity (Wildman–Crippen MR) is 135 cm³/mol. The molecule has 1 aliphatic carbocycles. The number of anilines is 1. The second kappa shape index (κ2) is 11.4. The van der Waals surface area contributed by atoms with Gasteiger partial charge in [0.05, 0.1) is 32.7 Å². The highest BCUT2D eigenvalue weighted by atomic mass is 31.2. The molecule has 15 heteroatoms. The average molecular weight is 545 g/mol. The Balaban J connectivity index is 1.33. The van der Waals surface area contributed by atoms with E-state index in [1.807, 2.05) is 27.9 Å². The standard InChI is InChI=1S/C23H28N7O7P/c1-23(22(32)35-2,29-36-11-15-6-4-3-5-7-15)21(31)28-38(33,34)37-12-16-8-9-17(10-16)30-14-27-18-19(24)25-13-26-20(18)30/h3-9,13-14,16-17,29H,10-12H2,1-2H3,(H2,24,25,26)(H2,28,31,33,34)/t16-,17+,23-/m0/s1. The number of nitrogens with zero attached hydrogens (tertiary/aromatic N) is 4. The van der Waals surface area contributed by atoms with Gasteiger partial charge in [-0.15, -0.1) is 0 Å². The zero-order chi connectivity index (χ0) is 27.3. The van der Waals surface area contributed by atoms with Crippen molar-refractivity contribution in [1.82, 2.24) is 30.1 Å². The van der Waals surface area contributed by atoms with E-state index in [0.29, 0.717) is 17.6 Å². The summed E-state index contributed by atoms with van der Waals surface area (Å²) in [6.45, 7) is 1.01. The van der Waals surface area contributed by atoms with Crippen LogP contribution in [0.15, 0.2) is 55.1 Å². The Morgan fingerprint density at radius 3 is 2.74 bits per heavy atom. The van der Waals surface area contributed by atoms with Crippen LogP contribution in [0.3, 0.4) is 0 Å². The molecule has 4 rings (SSSR count). The molecule has 0 radical (unpaired) electrons. The van der Waals surface area contributed by atoms with Crippen LogP contribution in [0.4, 0.5) is 5.82 Å². The summed E-state index contributed by atoms with van der Waals surface area (Å²) in [5.41, 5.74) is 7.88. The van der Waals surface area contributed by atoms with Crippen molar-refractivity contribution in [2.75, 3.05) is 19.5 Å². The Kier molecular flexibility index (Phi) is 8.19. The number of ether oxygens (including phenoxy) is 1. The lowest BCUT2D eigenvalue weighted by Crippen LogP contribution is -2.59. The van der Waals surface area contributed by atoms with Gasteiger partial charge in [0.2, 0.25) is 5.54 Å². The first-order valence-corrected chi connectivity index (χ1v) is 13.1. The van der Waals surface area contributed by atoms with Gasteiger partial charge in [-0.3, -0.25) is 19.2 Å². The number of methoxy groups -OCH3 is 1. The fraction of sp³-hybridized carbons (Fsp3) is 0.348. The molecule has 1 amide bonds. The topological polar surface area (TPSA) is 193 Å². The number of nitrogens with one attached hydrogen (secondary N) is 2. The molecular formula is C23H28N7O7P. The van der Waals surface area contributed by atoms with E-state index in [1.54, 1.807) is 30.6 Å². The van der Waals surface area contributed by atoms with Crippen LogP contribution < -0.4 is 16.3 Å². The van der Waals surface area contributed by atoms with Crippen molar-refractivity contribution in [3.8, 4) is 0 Å². The van der Waals surface area contributed by atoms with E-state index in [4.69, 9.17) is 19.8 Å². The lowest BCUT2D eigenvalue weighted by molar-refractivity contribution is -0.162. The molecular weight excluding hydrogens is 517 g/mol. The van der Waals surface area contributed by atoms with E-state index in [0.717, 1.165) is 19.6 Å². The maximum absolute atomic E-state index is 12.9. The molecule has 3 aromatic rings. The maximum atomic E-state index is 12.9. The minimum absolute atomic E-state index is 0.0218. The molecule has 0 aliphatic heterocycles. The number of benzene rings is 1. The molecule has 1 aromatic carbocycles. The number of carbonyl (C=O) groups excluding carboxylic acids is 2. The molecule has 2 aromatic heterocycles. The lowest BCUT2D eigenvalue weighted by Gasteiger charge is -2.27. The van der Waals surface area contributed by atoms with Crippen LogP contribution >= 0.6 is 7.75 Å². The zero-order valence-corrected chi connectivity index (χ0v) is 21.6. The normalized spacial score (nSPS) is 20.1. The molecule has 0 saturated heterocycles. The molecule has 1 unspecified atom stereocenters. The fourth-order valence-corrected chi connectivity index (χ4v) is 4.83. The third-order valence-corrected chi connectivity index (χ3v) is 6.99. The molecule has 0 spiro atoms. The first kappa shape index (κ1) is 27.4. The summed E-state index contributed by atoms with van der Waals surface area (Å²) in [6.07, 6.45) is 7.21. The second-order valence-corrected chi connectivity index (χ2v) is 10.3. The molecule has 202 valence electrons. The van der Waals surface area contributed by atoms with Crippen molar-refractivity contribution in [2.45, 2.75) is 31.5 Å². The number of hydrogen-bond acceptors (Lipinski definition) is 11. The predicted octanol–water partition coefficient (Wildman–Crippen LogP) is 1.41. The highest BCUT2D eigenvalue weighted by Gasteiger charge is 2.46. The monoisotopic (exact) mass is 545 g/mol. The quantitative estimate of drug-likeness (QED) is 0.0891. The Bertz CT molecular complexity index is 1380. The number of nitrogen functional groups attached to an aromatic ring is 1. The Labute approximate surface area is 217 Å². The molecule has 0 bridgehead atoms. The molecule has 0 fully saturated rings. The minimum Gasteiger partial charge on any atom is -0.467 e. The number of aromatic nitrogens is 4. The van der Waals surface area contributed by atoms with Crippen molar-refractivity contribution in [3.63, 3.8) is 0 Å². The van der Waals surface area contributed by atoms with Gasteiger partial charge in [-0.25, -0.2) is 24.3 Å². The van der Waals surface area contributed by atoms with Crippen molar-refractivity contribution in [1.29, 1.82) is 0 Å². The van der Waals surface area contributed by atoms with Crippen molar-refractivity contribution in [2.24, 2.45) is 5.92 Å². The number of esters is 1. The van der Waals surface area contributed by atoms with Gasteiger partial charge in [-0.2, -0.15) is 5.48 Å². The molecule has 4 atom stereocenters. The summed E-state index contributed by atoms with van der Waals surface area (Å²) < 4.78 is 24.4. The van der Waals surface area contributed by atoms with Crippen molar-refractivity contribution < 1.29 is 33.1 Å². The zero-order valence-electron chi connectivity index (χ0n) is 20.7. The van der Waals surface area contributed by atoms with Crippen LogP contribution in [0, 0.1) is 5.92 Å². The van der Waals surface area contributed by atoms with Gasteiger partial charge in [0.15, 0.2) is 11.5 Å². The number of fused-ring (bicyclic) bond motifs is 1. The van der Waals surface area contributed by atoms with Crippen LogP contribution in [-0.2, 0) is 34.9 Å². The number of hydroxylamine groups is 1. The Morgan fingerprint density at radius 1 is 1.24 bits per heavy atom. The van der Waals surface area contributed by atoms with Crippen LogP contribution in [0.5, 0.6) is 0 Å². The summed E-state index contributed by atoms with van der Waals surface area (Å²) >= 11 is 0. The van der Waals surface area contributed by atoms with E-state index >= 15 is 0 Å². The third kappa shape index (κ3) is 6.06. The first-order valence-electron chi connectivity index (χ1n) is 11.6.